The molecule has 18 heavy (non-hydrogen) atoms. The van der Waals surface area contributed by atoms with Gasteiger partial charge in [-0.1, -0.05) is 0 Å². The molecular weight excluding hydrogens is 413 g/mol. The molecule has 0 saturated heterocycles. The Morgan fingerprint density at radius 1 is 1.33 bits per heavy atom. The molecule has 2 aromatic rings. The van der Waals surface area contributed by atoms with E-state index < -0.39 is 0 Å². The van der Waals surface area contributed by atoms with Gasteiger partial charge in [-0.25, -0.2) is 5.10 Å². The van der Waals surface area contributed by atoms with Gasteiger partial charge in [0.25, 0.3) is 11.5 Å². The average Bonchev–Trinajstić information content (AvgIpc) is 2.34. The number of hydrogen-bond donors (Lipinski definition) is 2. The number of amides is 1. The Kier molecular flexibility index (Phi) is 4.12. The van der Waals surface area contributed by atoms with Gasteiger partial charge >= 0.3 is 0 Å². The lowest BCUT2D eigenvalue weighted by atomic mass is 10.3. The van der Waals surface area contributed by atoms with Gasteiger partial charge < -0.3 is 5.32 Å². The van der Waals surface area contributed by atoms with E-state index in [0.717, 1.165) is 8.04 Å². The topological polar surface area (TPSA) is 74.8 Å². The molecule has 0 radical (unpaired) electrons. The third-order valence-corrected chi connectivity index (χ3v) is 3.45. The van der Waals surface area contributed by atoms with Crippen molar-refractivity contribution in [2.24, 2.45) is 0 Å². The number of aromatic nitrogens is 2. The third-order valence-electron chi connectivity index (χ3n) is 2.09. The molecule has 2 rings (SSSR count). The van der Waals surface area contributed by atoms with E-state index >= 15 is 0 Å². The summed E-state index contributed by atoms with van der Waals surface area (Å²) >= 11 is 5.50. The number of halogens is 2. The minimum absolute atomic E-state index is 0.153. The van der Waals surface area contributed by atoms with Crippen molar-refractivity contribution in [1.29, 1.82) is 0 Å². The van der Waals surface area contributed by atoms with Gasteiger partial charge in [0.2, 0.25) is 0 Å². The maximum atomic E-state index is 11.9. The predicted molar refractivity (Wildman–Crippen MR) is 79.7 cm³/mol. The molecule has 7 heteroatoms. The van der Waals surface area contributed by atoms with Crippen LogP contribution in [0.25, 0.3) is 0 Å². The molecule has 0 saturated carbocycles. The fourth-order valence-electron chi connectivity index (χ4n) is 1.25. The summed E-state index contributed by atoms with van der Waals surface area (Å²) in [6, 6.07) is 8.21. The van der Waals surface area contributed by atoms with E-state index in [-0.39, 0.29) is 17.2 Å². The molecule has 1 aromatic heterocycles. The van der Waals surface area contributed by atoms with E-state index in [2.05, 4.69) is 54.0 Å². The Morgan fingerprint density at radius 3 is 2.78 bits per heavy atom. The largest absolute Gasteiger partial charge is 0.320 e. The van der Waals surface area contributed by atoms with Crippen LogP contribution in [0.1, 0.15) is 10.5 Å². The van der Waals surface area contributed by atoms with Gasteiger partial charge in [0.05, 0.1) is 5.69 Å². The first-order valence-corrected chi connectivity index (χ1v) is 6.75. The minimum atomic E-state index is -0.381. The monoisotopic (exact) mass is 419 g/mol. The molecule has 0 aliphatic carbocycles. The quantitative estimate of drug-likeness (QED) is 0.734. The fraction of sp³-hybridized carbons (Fsp3) is 0. The lowest BCUT2D eigenvalue weighted by molar-refractivity contribution is 0.102. The maximum Gasteiger partial charge on any atom is 0.276 e. The van der Waals surface area contributed by atoms with Gasteiger partial charge in [-0.15, -0.1) is 0 Å². The second-order valence-corrected chi connectivity index (χ2v) is 5.48. The third kappa shape index (κ3) is 3.16. The summed E-state index contributed by atoms with van der Waals surface area (Å²) in [5.74, 6) is -0.381. The molecule has 1 amide bonds. The summed E-state index contributed by atoms with van der Waals surface area (Å²) in [4.78, 5) is 22.7. The van der Waals surface area contributed by atoms with Gasteiger partial charge in [-0.2, -0.15) is 5.10 Å². The van der Waals surface area contributed by atoms with Crippen LogP contribution in [0.2, 0.25) is 0 Å². The van der Waals surface area contributed by atoms with Gasteiger partial charge in [-0.05, 0) is 62.8 Å². The SMILES string of the molecule is O=C(Nc1cc(I)ccc1Br)c1ccc(=O)[nH]n1. The molecule has 0 atom stereocenters. The number of benzene rings is 1. The number of hydrogen-bond acceptors (Lipinski definition) is 3. The number of aromatic amines is 1. The van der Waals surface area contributed by atoms with E-state index in [1.807, 2.05) is 18.2 Å². The summed E-state index contributed by atoms with van der Waals surface area (Å²) in [7, 11) is 0. The minimum Gasteiger partial charge on any atom is -0.320 e. The molecule has 0 aliphatic heterocycles. The van der Waals surface area contributed by atoms with Crippen LogP contribution in [-0.4, -0.2) is 16.1 Å². The van der Waals surface area contributed by atoms with Crippen LogP contribution in [0.4, 0.5) is 5.69 Å². The van der Waals surface area contributed by atoms with E-state index in [9.17, 15) is 9.59 Å². The van der Waals surface area contributed by atoms with E-state index in [1.165, 1.54) is 12.1 Å². The van der Waals surface area contributed by atoms with Crippen molar-refractivity contribution >= 4 is 50.1 Å². The Morgan fingerprint density at radius 2 is 2.11 bits per heavy atom. The van der Waals surface area contributed by atoms with Crippen molar-refractivity contribution in [1.82, 2.24) is 10.2 Å². The number of anilines is 1. The molecule has 2 N–H and O–H groups in total. The maximum absolute atomic E-state index is 11.9. The lowest BCUT2D eigenvalue weighted by Gasteiger charge is -2.07. The van der Waals surface area contributed by atoms with E-state index in [0.29, 0.717) is 5.69 Å². The number of nitrogens with one attached hydrogen (secondary N) is 2. The molecule has 0 spiro atoms. The Bertz CT molecular complexity index is 636. The Labute approximate surface area is 124 Å². The van der Waals surface area contributed by atoms with Crippen LogP contribution in [0.5, 0.6) is 0 Å². The molecule has 1 heterocycles. The van der Waals surface area contributed by atoms with Crippen molar-refractivity contribution in [3.8, 4) is 0 Å². The highest BCUT2D eigenvalue weighted by Gasteiger charge is 2.10. The van der Waals surface area contributed by atoms with Gasteiger partial charge in [0.1, 0.15) is 5.69 Å². The zero-order valence-electron chi connectivity index (χ0n) is 8.91. The number of H-pyrrole nitrogens is 1. The molecule has 0 bridgehead atoms. The van der Waals surface area contributed by atoms with Crippen LogP contribution in [0, 0.1) is 3.57 Å². The van der Waals surface area contributed by atoms with Crippen molar-refractivity contribution in [3.63, 3.8) is 0 Å². The fourth-order valence-corrected chi connectivity index (χ4v) is 2.09. The van der Waals surface area contributed by atoms with Crippen LogP contribution >= 0.6 is 38.5 Å². The summed E-state index contributed by atoms with van der Waals surface area (Å²) in [6.07, 6.45) is 0. The normalized spacial score (nSPS) is 10.1. The summed E-state index contributed by atoms with van der Waals surface area (Å²) in [5.41, 5.74) is 0.460. The summed E-state index contributed by atoms with van der Waals surface area (Å²) in [6.45, 7) is 0. The first-order chi connectivity index (χ1) is 8.56. The standard InChI is InChI=1S/C11H7BrIN3O2/c12-7-2-1-6(13)5-9(7)14-11(18)8-3-4-10(17)16-15-8/h1-5H,(H,14,18)(H,16,17). The summed E-state index contributed by atoms with van der Waals surface area (Å²) < 4.78 is 1.78. The van der Waals surface area contributed by atoms with Crippen LogP contribution in [-0.2, 0) is 0 Å². The average molecular weight is 420 g/mol. The van der Waals surface area contributed by atoms with E-state index in [4.69, 9.17) is 0 Å². The molecule has 0 unspecified atom stereocenters. The lowest BCUT2D eigenvalue weighted by Crippen LogP contribution is -2.17. The second kappa shape index (κ2) is 5.61. The first kappa shape index (κ1) is 13.2. The Hall–Kier alpha value is -1.22. The Balaban J connectivity index is 2.23. The number of rotatable bonds is 2. The molecule has 0 fully saturated rings. The number of carbonyl (C=O) groups excluding carboxylic acids is 1. The highest BCUT2D eigenvalue weighted by Crippen LogP contribution is 2.24. The first-order valence-electron chi connectivity index (χ1n) is 4.88. The molecule has 5 nitrogen and oxygen atoms in total. The van der Waals surface area contributed by atoms with Crippen LogP contribution in [0.3, 0.4) is 0 Å². The van der Waals surface area contributed by atoms with Crippen LogP contribution < -0.4 is 10.9 Å². The second-order valence-electron chi connectivity index (χ2n) is 3.38. The molecular formula is C11H7BrIN3O2. The van der Waals surface area contributed by atoms with Gasteiger partial charge in [-0.3, -0.25) is 9.59 Å². The van der Waals surface area contributed by atoms with Crippen molar-refractivity contribution in [2.45, 2.75) is 0 Å². The van der Waals surface area contributed by atoms with Gasteiger partial charge in [0.15, 0.2) is 0 Å². The van der Waals surface area contributed by atoms with Crippen LogP contribution in [0.15, 0.2) is 39.6 Å². The smallest absolute Gasteiger partial charge is 0.276 e. The van der Waals surface area contributed by atoms with Crippen molar-refractivity contribution in [3.05, 3.63) is 54.4 Å². The number of carbonyl (C=O) groups is 1. The zero-order valence-corrected chi connectivity index (χ0v) is 12.6. The predicted octanol–water partition coefficient (Wildman–Crippen LogP) is 2.39. The molecule has 0 aliphatic rings. The van der Waals surface area contributed by atoms with Crippen molar-refractivity contribution in [2.75, 3.05) is 5.32 Å². The highest BCUT2D eigenvalue weighted by atomic mass is 127. The number of nitrogens with zero attached hydrogens (tertiary/aromatic N) is 1. The zero-order chi connectivity index (χ0) is 13.1. The molecule has 92 valence electrons. The highest BCUT2D eigenvalue weighted by molar-refractivity contribution is 14.1. The summed E-state index contributed by atoms with van der Waals surface area (Å²) in [5, 5.41) is 8.58. The van der Waals surface area contributed by atoms with E-state index in [1.54, 1.807) is 0 Å². The molecule has 1 aromatic carbocycles. The van der Waals surface area contributed by atoms with Crippen molar-refractivity contribution < 1.29 is 4.79 Å². The van der Waals surface area contributed by atoms with Gasteiger partial charge in [0, 0.05) is 14.1 Å².